The molecule has 17 heteroatoms. The number of benzene rings is 1. The number of carboxylic acid groups (broad SMARTS) is 1. The SMILES string of the molecule is CCOc1ccc2c(O[C@]3(C)C[C@H]4C(=O)N[C@]5(C(=O)NS(=O)(=O)C6(C)CC6)C[C@H]5/C=C\CC[C@H](C)C[C@@H](CC)[C@H](N(C(=O)O)C(C)CC)C(=O)N4C3(F)F)nccc2c1. The number of rotatable bonds is 11. The van der Waals surface area contributed by atoms with E-state index in [1.807, 2.05) is 19.9 Å². The van der Waals surface area contributed by atoms with E-state index in [2.05, 4.69) is 15.0 Å². The third-order valence-electron chi connectivity index (χ3n) is 13.0. The number of amides is 4. The summed E-state index contributed by atoms with van der Waals surface area (Å²) in [5, 5.41) is 14.2. The van der Waals surface area contributed by atoms with Gasteiger partial charge in [-0.25, -0.2) is 18.2 Å². The molecule has 1 saturated heterocycles. The number of halogens is 2. The summed E-state index contributed by atoms with van der Waals surface area (Å²) in [7, 11) is -4.16. The van der Waals surface area contributed by atoms with Gasteiger partial charge in [0.1, 0.15) is 23.4 Å². The molecular formula is C42H57F2N5O9S. The van der Waals surface area contributed by atoms with E-state index in [0.717, 1.165) is 11.8 Å². The first-order valence-corrected chi connectivity index (χ1v) is 22.2. The van der Waals surface area contributed by atoms with Crippen molar-refractivity contribution in [2.75, 3.05) is 6.61 Å². The Morgan fingerprint density at radius 3 is 2.47 bits per heavy atom. The highest BCUT2D eigenvalue weighted by atomic mass is 32.2. The smallest absolute Gasteiger partial charge is 0.408 e. The normalized spacial score (nSPS) is 31.3. The predicted molar refractivity (Wildman–Crippen MR) is 215 cm³/mol. The molecule has 2 aliphatic carbocycles. The zero-order valence-electron chi connectivity index (χ0n) is 34.8. The number of alkyl halides is 2. The van der Waals surface area contributed by atoms with Crippen LogP contribution < -0.4 is 19.5 Å². The van der Waals surface area contributed by atoms with Gasteiger partial charge >= 0.3 is 12.1 Å². The summed E-state index contributed by atoms with van der Waals surface area (Å²) in [6.07, 6.45) is 5.33. The molecule has 1 aromatic heterocycles. The van der Waals surface area contributed by atoms with Gasteiger partial charge < -0.3 is 19.9 Å². The number of aromatic nitrogens is 1. The fourth-order valence-corrected chi connectivity index (χ4v) is 9.96. The Balaban J connectivity index is 1.48. The average molecular weight is 846 g/mol. The molecule has 2 saturated carbocycles. The molecule has 3 N–H and O–H groups in total. The molecule has 3 fully saturated rings. The van der Waals surface area contributed by atoms with Gasteiger partial charge in [-0.3, -0.25) is 28.9 Å². The standard InChI is InChI=1S/C42H57F2N5O9S/c1-8-26(5)48(38(53)54)33-27(9-2)21-25(4)13-11-12-14-29-23-41(29,37(52)47-59(55,56)39(6)18-19-39)46-34(50)32-24-40(7,42(43,44)49(32)36(33)51)58-35-31-16-15-30(57-10-3)22-28(31)17-20-45-35/h12,14-17,20,22,25-27,29,32-33H,8-11,13,18-19,21,23-24H2,1-7H3,(H,46,50)(H,47,52)(H,53,54)/b14-12-/t25-,26?,27+,29+,32-,33-,40+,41+/m0/s1. The lowest BCUT2D eigenvalue weighted by molar-refractivity contribution is -0.219. The van der Waals surface area contributed by atoms with E-state index in [9.17, 15) is 27.9 Å². The van der Waals surface area contributed by atoms with Gasteiger partial charge in [0.2, 0.25) is 21.8 Å². The van der Waals surface area contributed by atoms with Crippen molar-refractivity contribution >= 4 is 44.6 Å². The highest BCUT2D eigenvalue weighted by Gasteiger charge is 2.71. The molecule has 8 atom stereocenters. The van der Waals surface area contributed by atoms with Crippen LogP contribution in [0.15, 0.2) is 42.6 Å². The Bertz CT molecular complexity index is 2120. The van der Waals surface area contributed by atoms with Crippen LogP contribution in [0.1, 0.15) is 106 Å². The van der Waals surface area contributed by atoms with Crippen molar-refractivity contribution in [2.45, 2.75) is 146 Å². The fraction of sp³-hybridized carbons (Fsp3) is 0.643. The first-order valence-electron chi connectivity index (χ1n) is 20.7. The van der Waals surface area contributed by atoms with Gasteiger partial charge in [0.15, 0.2) is 5.60 Å². The second-order valence-corrected chi connectivity index (χ2v) is 19.5. The molecule has 2 aliphatic heterocycles. The zero-order chi connectivity index (χ0) is 43.3. The van der Waals surface area contributed by atoms with Gasteiger partial charge in [-0.15, -0.1) is 0 Å². The summed E-state index contributed by atoms with van der Waals surface area (Å²) >= 11 is 0. The van der Waals surface area contributed by atoms with Crippen molar-refractivity contribution in [3.05, 3.63) is 42.6 Å². The van der Waals surface area contributed by atoms with Gasteiger partial charge in [-0.2, -0.15) is 8.78 Å². The van der Waals surface area contributed by atoms with Crippen LogP contribution in [0.2, 0.25) is 0 Å². The monoisotopic (exact) mass is 845 g/mol. The number of fused-ring (bicyclic) bond motifs is 3. The van der Waals surface area contributed by atoms with E-state index in [-0.39, 0.29) is 36.0 Å². The number of hydrogen-bond donors (Lipinski definition) is 3. The molecule has 14 nitrogen and oxygen atoms in total. The highest BCUT2D eigenvalue weighted by molar-refractivity contribution is 7.91. The summed E-state index contributed by atoms with van der Waals surface area (Å²) in [6.45, 7) is 11.8. The summed E-state index contributed by atoms with van der Waals surface area (Å²) in [4.78, 5) is 62.4. The Labute approximate surface area is 344 Å². The van der Waals surface area contributed by atoms with Crippen molar-refractivity contribution in [2.24, 2.45) is 17.8 Å². The molecule has 1 aromatic carbocycles. The Hall–Kier alpha value is -4.54. The van der Waals surface area contributed by atoms with E-state index < -0.39 is 92.2 Å². The number of nitrogens with one attached hydrogen (secondary N) is 2. The summed E-state index contributed by atoms with van der Waals surface area (Å²) < 4.78 is 74.7. The Morgan fingerprint density at radius 2 is 1.85 bits per heavy atom. The molecule has 1 unspecified atom stereocenters. The molecular weight excluding hydrogens is 789 g/mol. The fourth-order valence-electron chi connectivity index (χ4n) is 8.65. The van der Waals surface area contributed by atoms with Crippen molar-refractivity contribution in [3.8, 4) is 11.6 Å². The molecule has 4 aliphatic rings. The maximum Gasteiger partial charge on any atom is 0.408 e. The topological polar surface area (TPSA) is 185 Å². The Kier molecular flexibility index (Phi) is 12.0. The Morgan fingerprint density at radius 1 is 1.14 bits per heavy atom. The van der Waals surface area contributed by atoms with Crippen LogP contribution in [0, 0.1) is 17.8 Å². The number of allylic oxidation sites excluding steroid dienone is 1. The number of carbonyl (C=O) groups excluding carboxylic acids is 3. The predicted octanol–water partition coefficient (Wildman–Crippen LogP) is 6.39. The maximum atomic E-state index is 17.7. The first-order chi connectivity index (χ1) is 27.7. The minimum Gasteiger partial charge on any atom is -0.494 e. The van der Waals surface area contributed by atoms with Crippen LogP contribution in [0.4, 0.5) is 13.6 Å². The van der Waals surface area contributed by atoms with Gasteiger partial charge in [-0.1, -0.05) is 39.3 Å². The second kappa shape index (κ2) is 16.1. The molecule has 4 amide bonds. The summed E-state index contributed by atoms with van der Waals surface area (Å²) in [6, 6.07) is -2.05. The molecule has 59 heavy (non-hydrogen) atoms. The van der Waals surface area contributed by atoms with E-state index in [4.69, 9.17) is 9.47 Å². The van der Waals surface area contributed by atoms with E-state index in [1.165, 1.54) is 13.1 Å². The van der Waals surface area contributed by atoms with Crippen molar-refractivity contribution < 1.29 is 51.0 Å². The highest BCUT2D eigenvalue weighted by Crippen LogP contribution is 2.51. The van der Waals surface area contributed by atoms with Crippen LogP contribution in [-0.2, 0) is 24.4 Å². The third-order valence-corrected chi connectivity index (χ3v) is 15.2. The van der Waals surface area contributed by atoms with Gasteiger partial charge in [0.05, 0.1) is 11.4 Å². The zero-order valence-corrected chi connectivity index (χ0v) is 35.6. The molecule has 6 rings (SSSR count). The lowest BCUT2D eigenvalue weighted by Crippen LogP contribution is -2.65. The number of pyridine rings is 1. The van der Waals surface area contributed by atoms with Crippen molar-refractivity contribution in [3.63, 3.8) is 0 Å². The van der Waals surface area contributed by atoms with Crippen LogP contribution in [-0.4, -0.2) is 98.8 Å². The maximum absolute atomic E-state index is 17.7. The van der Waals surface area contributed by atoms with Crippen LogP contribution in [0.5, 0.6) is 11.6 Å². The first kappa shape index (κ1) is 44.0. The molecule has 0 radical (unpaired) electrons. The van der Waals surface area contributed by atoms with Gasteiger partial charge in [-0.05, 0) is 114 Å². The van der Waals surface area contributed by atoms with Crippen LogP contribution in [0.3, 0.4) is 0 Å². The minimum atomic E-state index is -4.26. The minimum absolute atomic E-state index is 0.0152. The lowest BCUT2D eigenvalue weighted by Gasteiger charge is -2.43. The van der Waals surface area contributed by atoms with Gasteiger partial charge in [0, 0.05) is 30.0 Å². The molecule has 0 spiro atoms. The van der Waals surface area contributed by atoms with Crippen LogP contribution >= 0.6 is 0 Å². The average Bonchev–Trinajstić information content (AvgIpc) is 4.08. The number of hydrogen-bond acceptors (Lipinski definition) is 9. The third kappa shape index (κ3) is 8.07. The van der Waals surface area contributed by atoms with E-state index >= 15 is 13.6 Å². The number of nitrogens with zero attached hydrogens (tertiary/aromatic N) is 3. The number of sulfonamides is 1. The molecule has 3 heterocycles. The summed E-state index contributed by atoms with van der Waals surface area (Å²) in [5.74, 6) is -4.57. The van der Waals surface area contributed by atoms with E-state index in [1.54, 1.807) is 51.1 Å². The van der Waals surface area contributed by atoms with E-state index in [0.29, 0.717) is 55.2 Å². The van der Waals surface area contributed by atoms with Crippen molar-refractivity contribution in [1.29, 1.82) is 0 Å². The van der Waals surface area contributed by atoms with Gasteiger partial charge in [0.25, 0.3) is 11.8 Å². The largest absolute Gasteiger partial charge is 0.494 e. The molecule has 324 valence electrons. The molecule has 2 aromatic rings. The number of carbonyl (C=O) groups is 4. The number of ether oxygens (including phenoxy) is 2. The second-order valence-electron chi connectivity index (χ2n) is 17.3. The van der Waals surface area contributed by atoms with Crippen LogP contribution in [0.25, 0.3) is 10.8 Å². The lowest BCUT2D eigenvalue weighted by atomic mass is 9.83. The molecule has 0 bridgehead atoms. The quantitative estimate of drug-likeness (QED) is 0.169. The van der Waals surface area contributed by atoms with Crippen molar-refractivity contribution in [1.82, 2.24) is 24.8 Å². The summed E-state index contributed by atoms with van der Waals surface area (Å²) in [5.41, 5.74) is -4.45.